The Morgan fingerprint density at radius 2 is 2.12 bits per heavy atom. The van der Waals surface area contributed by atoms with E-state index in [2.05, 4.69) is 16.8 Å². The summed E-state index contributed by atoms with van der Waals surface area (Å²) in [5.74, 6) is 0. The van der Waals surface area contributed by atoms with E-state index in [0.29, 0.717) is 12.5 Å². The molecule has 0 aromatic heterocycles. The van der Waals surface area contributed by atoms with E-state index in [1.54, 1.807) is 0 Å². The summed E-state index contributed by atoms with van der Waals surface area (Å²) in [7, 11) is -3.31. The first-order valence-corrected chi connectivity index (χ1v) is 4.77. The molecule has 2 N–H and O–H groups in total. The predicted molar refractivity (Wildman–Crippen MR) is 35.4 cm³/mol. The van der Waals surface area contributed by atoms with Gasteiger partial charge in [-0.05, 0) is 12.9 Å². The van der Waals surface area contributed by atoms with E-state index in [0.717, 1.165) is 0 Å². The highest BCUT2D eigenvalue weighted by molar-refractivity contribution is 7.76. The molecular weight excluding hydrogens is 144 g/mol. The van der Waals surface area contributed by atoms with Crippen LogP contribution in [-0.4, -0.2) is 18.4 Å². The molecule has 0 aliphatic heterocycles. The number of hydrogen-bond donors (Lipinski definition) is 3. The van der Waals surface area contributed by atoms with Crippen LogP contribution in [0.25, 0.3) is 0 Å². The maximum Gasteiger partial charge on any atom is 0.506 e. The minimum atomic E-state index is -3.31. The monoisotopic (exact) mass is 154 g/mol. The van der Waals surface area contributed by atoms with E-state index < -0.39 is 8.80 Å². The van der Waals surface area contributed by atoms with E-state index in [1.165, 1.54) is 0 Å². The third-order valence-corrected chi connectivity index (χ3v) is 3.04. The Morgan fingerprint density at radius 3 is 2.25 bits per heavy atom. The average Bonchev–Trinajstić information content (AvgIpc) is 1.67. The lowest BCUT2D eigenvalue weighted by Crippen LogP contribution is -2.35. The first-order valence-electron chi connectivity index (χ1n) is 2.39. The summed E-state index contributed by atoms with van der Waals surface area (Å²) < 4.78 is 4.12. The zero-order chi connectivity index (χ0) is 6.62. The van der Waals surface area contributed by atoms with Crippen LogP contribution in [0, 0.1) is 0 Å². The van der Waals surface area contributed by atoms with Crippen molar-refractivity contribution in [1.29, 1.82) is 0 Å². The number of hydrogen-bond acceptors (Lipinski definition) is 4. The van der Waals surface area contributed by atoms with Gasteiger partial charge in [-0.1, -0.05) is 13.3 Å². The topological polar surface area (TPSA) is 49.7 Å². The van der Waals surface area contributed by atoms with Gasteiger partial charge < -0.3 is 13.5 Å². The molecule has 0 saturated carbocycles. The quantitative estimate of drug-likeness (QED) is 0.309. The molecule has 0 aromatic rings. The van der Waals surface area contributed by atoms with Gasteiger partial charge in [0.1, 0.15) is 0 Å². The molecule has 0 heterocycles. The zero-order valence-electron chi connectivity index (χ0n) is 4.66. The Morgan fingerprint density at radius 1 is 1.62 bits per heavy atom. The van der Waals surface area contributed by atoms with Crippen molar-refractivity contribution in [2.24, 2.45) is 0 Å². The molecule has 0 aliphatic rings. The summed E-state index contributed by atoms with van der Waals surface area (Å²) in [6, 6.07) is 0.316. The fourth-order valence-corrected chi connectivity index (χ4v) is 1.39. The van der Waals surface area contributed by atoms with Gasteiger partial charge in [0, 0.05) is 6.04 Å². The second-order valence-electron chi connectivity index (χ2n) is 1.58. The van der Waals surface area contributed by atoms with Crippen LogP contribution in [0.3, 0.4) is 0 Å². The first kappa shape index (κ1) is 8.45. The van der Waals surface area contributed by atoms with Crippen LogP contribution in [0.1, 0.15) is 13.3 Å². The molecule has 0 unspecified atom stereocenters. The van der Waals surface area contributed by atoms with Crippen molar-refractivity contribution in [2.45, 2.75) is 19.4 Å². The Bertz CT molecular complexity index is 67.5. The van der Waals surface area contributed by atoms with Gasteiger partial charge in [-0.15, -0.1) is 0 Å². The van der Waals surface area contributed by atoms with Crippen molar-refractivity contribution in [1.82, 2.24) is 0 Å². The van der Waals surface area contributed by atoms with Crippen molar-refractivity contribution < 1.29 is 13.5 Å². The second kappa shape index (κ2) is 3.47. The standard InChI is InChI=1S/C3H10O3SSi/c1-2-3-8(4,5)6-7/h4-5,7H,2-3H2,1H3. The zero-order valence-corrected chi connectivity index (χ0v) is 6.56. The van der Waals surface area contributed by atoms with Crippen molar-refractivity contribution in [3.05, 3.63) is 0 Å². The smallest absolute Gasteiger partial charge is 0.389 e. The van der Waals surface area contributed by atoms with Gasteiger partial charge in [0.2, 0.25) is 0 Å². The molecule has 0 rings (SSSR count). The molecule has 0 bridgehead atoms. The van der Waals surface area contributed by atoms with Gasteiger partial charge >= 0.3 is 8.80 Å². The first-order chi connectivity index (χ1) is 3.62. The van der Waals surface area contributed by atoms with Crippen LogP contribution >= 0.6 is 12.9 Å². The molecule has 0 aromatic carbocycles. The van der Waals surface area contributed by atoms with Crippen molar-refractivity contribution in [3.63, 3.8) is 0 Å². The largest absolute Gasteiger partial charge is 0.506 e. The molecular formula is C3H10O3SSi. The molecule has 0 fully saturated rings. The number of thiol groups is 1. The van der Waals surface area contributed by atoms with E-state index in [4.69, 9.17) is 9.59 Å². The third kappa shape index (κ3) is 3.45. The summed E-state index contributed by atoms with van der Waals surface area (Å²) in [5.41, 5.74) is 0. The van der Waals surface area contributed by atoms with Crippen LogP contribution in [0.5, 0.6) is 0 Å². The van der Waals surface area contributed by atoms with Gasteiger partial charge in [-0.2, -0.15) is 0 Å². The van der Waals surface area contributed by atoms with Crippen molar-refractivity contribution in [3.8, 4) is 0 Å². The minimum absolute atomic E-state index is 0.316. The maximum absolute atomic E-state index is 8.72. The summed E-state index contributed by atoms with van der Waals surface area (Å²) >= 11 is 3.30. The van der Waals surface area contributed by atoms with Crippen LogP contribution in [0.2, 0.25) is 6.04 Å². The summed E-state index contributed by atoms with van der Waals surface area (Å²) in [6.45, 7) is 1.85. The molecule has 3 nitrogen and oxygen atoms in total. The van der Waals surface area contributed by atoms with Gasteiger partial charge in [0.05, 0.1) is 0 Å². The highest BCUT2D eigenvalue weighted by Gasteiger charge is 2.29. The molecule has 0 aliphatic carbocycles. The molecule has 0 spiro atoms. The summed E-state index contributed by atoms with van der Waals surface area (Å²) in [5, 5.41) is 0. The molecule has 8 heavy (non-hydrogen) atoms. The fourth-order valence-electron chi connectivity index (χ4n) is 0.371. The van der Waals surface area contributed by atoms with Gasteiger partial charge in [-0.25, -0.2) is 0 Å². The molecule has 5 heteroatoms. The lowest BCUT2D eigenvalue weighted by molar-refractivity contribution is 0.258. The van der Waals surface area contributed by atoms with Crippen LogP contribution in [0.15, 0.2) is 0 Å². The molecule has 50 valence electrons. The molecule has 0 radical (unpaired) electrons. The minimum Gasteiger partial charge on any atom is -0.389 e. The van der Waals surface area contributed by atoms with Gasteiger partial charge in [0.15, 0.2) is 0 Å². The predicted octanol–water partition coefficient (Wildman–Crippen LogP) is 0.181. The van der Waals surface area contributed by atoms with E-state index >= 15 is 0 Å². The van der Waals surface area contributed by atoms with Crippen LogP contribution < -0.4 is 0 Å². The number of rotatable bonds is 3. The van der Waals surface area contributed by atoms with Gasteiger partial charge in [0.25, 0.3) is 0 Å². The Balaban J connectivity index is 3.37. The lowest BCUT2D eigenvalue weighted by Gasteiger charge is -2.10. The highest BCUT2D eigenvalue weighted by atomic mass is 32.1. The van der Waals surface area contributed by atoms with Crippen molar-refractivity contribution in [2.75, 3.05) is 0 Å². The molecule has 0 amide bonds. The Kier molecular flexibility index (Phi) is 3.66. The van der Waals surface area contributed by atoms with E-state index in [1.807, 2.05) is 6.92 Å². The highest BCUT2D eigenvalue weighted by Crippen LogP contribution is 2.06. The average molecular weight is 154 g/mol. The molecule has 0 atom stereocenters. The maximum atomic E-state index is 8.72. The Labute approximate surface area is 55.3 Å². The SMILES string of the molecule is CCC[Si](O)(O)OS. The molecule has 0 saturated heterocycles. The lowest BCUT2D eigenvalue weighted by atomic mass is 10.6. The van der Waals surface area contributed by atoms with E-state index in [9.17, 15) is 0 Å². The summed E-state index contributed by atoms with van der Waals surface area (Å²) in [6.07, 6.45) is 0.708. The second-order valence-corrected chi connectivity index (χ2v) is 4.30. The van der Waals surface area contributed by atoms with Crippen LogP contribution in [-0.2, 0) is 3.87 Å². The van der Waals surface area contributed by atoms with Crippen molar-refractivity contribution >= 4 is 21.7 Å². The Hall–Kier alpha value is 0.447. The van der Waals surface area contributed by atoms with E-state index in [-0.39, 0.29) is 0 Å². The normalized spacial score (nSPS) is 12.0. The third-order valence-electron chi connectivity index (χ3n) is 0.722. The van der Waals surface area contributed by atoms with Gasteiger partial charge in [-0.3, -0.25) is 0 Å². The van der Waals surface area contributed by atoms with Crippen LogP contribution in [0.4, 0.5) is 0 Å². The fraction of sp³-hybridized carbons (Fsp3) is 1.00. The summed E-state index contributed by atoms with van der Waals surface area (Å²) in [4.78, 5) is 17.4.